The van der Waals surface area contributed by atoms with Gasteiger partial charge in [-0.2, -0.15) is 0 Å². The average molecular weight is 389 g/mol. The zero-order chi connectivity index (χ0) is 20.2. The Hall–Kier alpha value is -0.970. The molecule has 4 aliphatic rings. The summed E-state index contributed by atoms with van der Waals surface area (Å²) in [6.07, 6.45) is 15.1. The van der Waals surface area contributed by atoms with Gasteiger partial charge in [-0.25, -0.2) is 0 Å². The Morgan fingerprint density at radius 1 is 0.857 bits per heavy atom. The summed E-state index contributed by atoms with van der Waals surface area (Å²) in [6, 6.07) is 0. The Kier molecular flexibility index (Phi) is 4.92. The lowest BCUT2D eigenvalue weighted by Crippen LogP contribution is -2.65. The summed E-state index contributed by atoms with van der Waals surface area (Å²) < 4.78 is 0. The summed E-state index contributed by atoms with van der Waals surface area (Å²) in [6.45, 7) is 4.47. The lowest BCUT2D eigenvalue weighted by Gasteiger charge is -2.64. The van der Waals surface area contributed by atoms with Gasteiger partial charge in [-0.05, 0) is 87.0 Å². The van der Waals surface area contributed by atoms with Crippen LogP contribution in [0, 0.1) is 28.6 Å². The van der Waals surface area contributed by atoms with E-state index in [1.165, 1.54) is 6.08 Å². The molecule has 4 aliphatic carbocycles. The number of aliphatic hydroxyl groups is 3. The summed E-state index contributed by atoms with van der Waals surface area (Å²) in [5.74, 6) is 1.24. The van der Waals surface area contributed by atoms with Crippen molar-refractivity contribution in [2.24, 2.45) is 28.6 Å². The van der Waals surface area contributed by atoms with Gasteiger partial charge in [0.15, 0.2) is 0 Å². The number of aldehydes is 1. The highest BCUT2D eigenvalue weighted by Crippen LogP contribution is 2.70. The van der Waals surface area contributed by atoms with E-state index in [0.717, 1.165) is 51.2 Å². The van der Waals surface area contributed by atoms with Crippen molar-refractivity contribution in [1.29, 1.82) is 0 Å². The number of hydrogen-bond donors (Lipinski definition) is 3. The Morgan fingerprint density at radius 2 is 1.64 bits per heavy atom. The highest BCUT2D eigenvalue weighted by molar-refractivity contribution is 5.65. The van der Waals surface area contributed by atoms with E-state index >= 15 is 0 Å². The number of aliphatic hydroxyl groups excluding tert-OH is 1. The largest absolute Gasteiger partial charge is 0.393 e. The molecule has 156 valence electrons. The molecule has 0 radical (unpaired) electrons. The van der Waals surface area contributed by atoms with Gasteiger partial charge in [0, 0.05) is 5.41 Å². The van der Waals surface area contributed by atoms with Crippen LogP contribution in [0.3, 0.4) is 0 Å². The molecule has 4 heteroatoms. The quantitative estimate of drug-likeness (QED) is 0.393. The molecule has 0 bridgehead atoms. The van der Waals surface area contributed by atoms with Crippen molar-refractivity contribution >= 4 is 6.29 Å². The fourth-order valence-electron chi connectivity index (χ4n) is 7.85. The van der Waals surface area contributed by atoms with Crippen LogP contribution in [0.1, 0.15) is 71.6 Å². The van der Waals surface area contributed by atoms with Crippen LogP contribution in [0.5, 0.6) is 0 Å². The van der Waals surface area contributed by atoms with E-state index in [4.69, 9.17) is 0 Å². The normalized spacial score (nSPS) is 53.8. The van der Waals surface area contributed by atoms with E-state index in [2.05, 4.69) is 13.8 Å². The molecule has 0 aliphatic heterocycles. The average Bonchev–Trinajstić information content (AvgIpc) is 2.87. The maximum atomic E-state index is 12.0. The monoisotopic (exact) mass is 388 g/mol. The summed E-state index contributed by atoms with van der Waals surface area (Å²) in [5, 5.41) is 33.7. The lowest BCUT2D eigenvalue weighted by molar-refractivity contribution is -0.227. The van der Waals surface area contributed by atoms with Gasteiger partial charge in [-0.15, -0.1) is 0 Å². The molecular formula is C24H36O4. The number of allylic oxidation sites excluding steroid dienone is 3. The first-order valence-electron chi connectivity index (χ1n) is 11.1. The van der Waals surface area contributed by atoms with E-state index in [0.29, 0.717) is 24.7 Å². The van der Waals surface area contributed by atoms with Crippen molar-refractivity contribution in [1.82, 2.24) is 0 Å². The molecule has 0 aromatic carbocycles. The van der Waals surface area contributed by atoms with Crippen LogP contribution in [0.4, 0.5) is 0 Å². The molecule has 4 nitrogen and oxygen atoms in total. The molecular weight excluding hydrogens is 352 g/mol. The van der Waals surface area contributed by atoms with Gasteiger partial charge in [0.25, 0.3) is 0 Å². The second-order valence-electron chi connectivity index (χ2n) is 10.5. The zero-order valence-corrected chi connectivity index (χ0v) is 17.3. The van der Waals surface area contributed by atoms with Crippen molar-refractivity contribution in [2.45, 2.75) is 88.9 Å². The van der Waals surface area contributed by atoms with Crippen LogP contribution in [0.15, 0.2) is 24.3 Å². The number of rotatable bonds is 3. The molecule has 8 atom stereocenters. The third kappa shape index (κ3) is 2.64. The van der Waals surface area contributed by atoms with Crippen molar-refractivity contribution < 1.29 is 20.1 Å². The molecule has 0 spiro atoms. The van der Waals surface area contributed by atoms with Gasteiger partial charge in [-0.3, -0.25) is 4.79 Å². The fourth-order valence-corrected chi connectivity index (χ4v) is 7.85. The Bertz CT molecular complexity index is 686. The first-order valence-corrected chi connectivity index (χ1v) is 11.1. The molecule has 4 saturated carbocycles. The van der Waals surface area contributed by atoms with Gasteiger partial charge in [0.2, 0.25) is 0 Å². The minimum atomic E-state index is -1.04. The summed E-state index contributed by atoms with van der Waals surface area (Å²) in [4.78, 5) is 10.5. The van der Waals surface area contributed by atoms with Crippen LogP contribution in [0.25, 0.3) is 0 Å². The minimum Gasteiger partial charge on any atom is -0.393 e. The van der Waals surface area contributed by atoms with E-state index in [9.17, 15) is 20.1 Å². The molecule has 0 aromatic heterocycles. The second-order valence-corrected chi connectivity index (χ2v) is 10.5. The van der Waals surface area contributed by atoms with Crippen molar-refractivity contribution in [3.8, 4) is 0 Å². The van der Waals surface area contributed by atoms with Crippen LogP contribution < -0.4 is 0 Å². The third-order valence-electron chi connectivity index (χ3n) is 9.70. The van der Waals surface area contributed by atoms with Crippen molar-refractivity contribution in [3.05, 3.63) is 24.3 Å². The molecule has 4 fully saturated rings. The number of carbonyl (C=O) groups excluding carboxylic acids is 1. The number of hydrogen-bond acceptors (Lipinski definition) is 4. The van der Waals surface area contributed by atoms with E-state index < -0.39 is 16.6 Å². The summed E-state index contributed by atoms with van der Waals surface area (Å²) in [5.41, 5.74) is -2.26. The van der Waals surface area contributed by atoms with Crippen molar-refractivity contribution in [3.63, 3.8) is 0 Å². The maximum Gasteiger partial charge on any atom is 0.142 e. The standard InChI is InChI=1S/C24H36O4/c1-21-11-8-18(26)16-17(21)6-7-20-19(21)9-12-22(2)23(27,10-4-3-5-15-25)13-14-24(20,22)28/h3-5,10,15,17-20,26-28H,6-9,11-14,16H2,1-2H3/b5-3+,10-4+/t17-,18+,19+,20-,21+,22-,23+,24+/m1/s1. The second kappa shape index (κ2) is 6.78. The van der Waals surface area contributed by atoms with Gasteiger partial charge in [-0.1, -0.05) is 32.1 Å². The van der Waals surface area contributed by atoms with Crippen LogP contribution >= 0.6 is 0 Å². The summed E-state index contributed by atoms with van der Waals surface area (Å²) >= 11 is 0. The molecule has 0 unspecified atom stereocenters. The molecule has 0 saturated heterocycles. The van der Waals surface area contributed by atoms with Crippen LogP contribution in [-0.2, 0) is 4.79 Å². The van der Waals surface area contributed by atoms with E-state index in [1.807, 2.05) is 0 Å². The topological polar surface area (TPSA) is 77.8 Å². The Balaban J connectivity index is 1.64. The third-order valence-corrected chi connectivity index (χ3v) is 9.70. The Morgan fingerprint density at radius 3 is 2.39 bits per heavy atom. The van der Waals surface area contributed by atoms with Gasteiger partial charge in [0.05, 0.1) is 17.3 Å². The molecule has 0 heterocycles. The first-order chi connectivity index (χ1) is 13.2. The molecule has 0 aromatic rings. The van der Waals surface area contributed by atoms with Crippen LogP contribution in [0.2, 0.25) is 0 Å². The summed E-state index contributed by atoms with van der Waals surface area (Å²) in [7, 11) is 0. The zero-order valence-electron chi connectivity index (χ0n) is 17.3. The minimum absolute atomic E-state index is 0.160. The van der Waals surface area contributed by atoms with Crippen molar-refractivity contribution in [2.75, 3.05) is 0 Å². The lowest BCUT2D eigenvalue weighted by atomic mass is 9.43. The van der Waals surface area contributed by atoms with Gasteiger partial charge in [0.1, 0.15) is 6.29 Å². The van der Waals surface area contributed by atoms with E-state index in [-0.39, 0.29) is 17.4 Å². The molecule has 4 rings (SSSR count). The number of fused-ring (bicyclic) bond motifs is 5. The first kappa shape index (κ1) is 20.3. The molecule has 0 amide bonds. The SMILES string of the molecule is C[C@]12CC[C@H](O)C[C@H]1CC[C@@H]1[C@@H]2CC[C@]2(C)[C@](O)(/C=C/C=C/C=O)CC[C@]12O. The maximum absolute atomic E-state index is 12.0. The predicted octanol–water partition coefficient (Wildman–Crippen LogP) is 3.55. The smallest absolute Gasteiger partial charge is 0.142 e. The highest BCUT2D eigenvalue weighted by atomic mass is 16.3. The highest BCUT2D eigenvalue weighted by Gasteiger charge is 2.70. The van der Waals surface area contributed by atoms with Crippen LogP contribution in [-0.4, -0.2) is 38.9 Å². The van der Waals surface area contributed by atoms with Gasteiger partial charge < -0.3 is 15.3 Å². The molecule has 28 heavy (non-hydrogen) atoms. The number of carbonyl (C=O) groups is 1. The van der Waals surface area contributed by atoms with Gasteiger partial charge >= 0.3 is 0 Å². The fraction of sp³-hybridized carbons (Fsp3) is 0.792. The van der Waals surface area contributed by atoms with E-state index in [1.54, 1.807) is 18.2 Å². The molecule has 3 N–H and O–H groups in total. The Labute approximate surface area is 168 Å². The predicted molar refractivity (Wildman–Crippen MR) is 108 cm³/mol.